The third-order valence-electron chi connectivity index (χ3n) is 2.60. The van der Waals surface area contributed by atoms with Gasteiger partial charge in [0, 0.05) is 5.69 Å². The standard InChI is InChI=1S/C14H19FN2O3/c1-3-17(10-14(19)20-4-2)9-13(18)16-12-7-5-11(15)6-8-12/h5-8H,3-4,9-10H2,1-2H3,(H,16,18). The fourth-order valence-electron chi connectivity index (χ4n) is 1.61. The van der Waals surface area contributed by atoms with Gasteiger partial charge < -0.3 is 10.1 Å². The molecule has 0 bridgehead atoms. The molecule has 0 aromatic heterocycles. The molecule has 1 rings (SSSR count). The van der Waals surface area contributed by atoms with E-state index >= 15 is 0 Å². The number of benzene rings is 1. The fourth-order valence-corrected chi connectivity index (χ4v) is 1.61. The molecular weight excluding hydrogens is 263 g/mol. The number of nitrogens with zero attached hydrogens (tertiary/aromatic N) is 1. The van der Waals surface area contributed by atoms with Gasteiger partial charge in [-0.05, 0) is 37.7 Å². The fraction of sp³-hybridized carbons (Fsp3) is 0.429. The summed E-state index contributed by atoms with van der Waals surface area (Å²) in [4.78, 5) is 24.8. The summed E-state index contributed by atoms with van der Waals surface area (Å²) in [6, 6.07) is 5.50. The van der Waals surface area contributed by atoms with Crippen LogP contribution in [0.2, 0.25) is 0 Å². The summed E-state index contributed by atoms with van der Waals surface area (Å²) in [7, 11) is 0. The number of hydrogen-bond donors (Lipinski definition) is 1. The SMILES string of the molecule is CCOC(=O)CN(CC)CC(=O)Nc1ccc(F)cc1. The van der Waals surface area contributed by atoms with E-state index in [1.165, 1.54) is 24.3 Å². The van der Waals surface area contributed by atoms with Gasteiger partial charge in [0.2, 0.25) is 5.91 Å². The average molecular weight is 282 g/mol. The minimum absolute atomic E-state index is 0.0706. The first-order valence-electron chi connectivity index (χ1n) is 6.48. The zero-order chi connectivity index (χ0) is 15.0. The zero-order valence-corrected chi connectivity index (χ0v) is 11.7. The van der Waals surface area contributed by atoms with Gasteiger partial charge in [0.15, 0.2) is 0 Å². The van der Waals surface area contributed by atoms with Crippen LogP contribution in [0.25, 0.3) is 0 Å². The summed E-state index contributed by atoms with van der Waals surface area (Å²) < 4.78 is 17.6. The highest BCUT2D eigenvalue weighted by molar-refractivity contribution is 5.92. The number of amides is 1. The quantitative estimate of drug-likeness (QED) is 0.773. The van der Waals surface area contributed by atoms with Crippen LogP contribution in [-0.2, 0) is 14.3 Å². The van der Waals surface area contributed by atoms with Crippen LogP contribution in [0.4, 0.5) is 10.1 Å². The topological polar surface area (TPSA) is 58.6 Å². The number of anilines is 1. The Morgan fingerprint density at radius 1 is 1.20 bits per heavy atom. The summed E-state index contributed by atoms with van der Waals surface area (Å²) in [6.45, 7) is 4.60. The molecular formula is C14H19FN2O3. The van der Waals surface area contributed by atoms with E-state index in [1.807, 2.05) is 6.92 Å². The molecule has 0 aliphatic heterocycles. The molecule has 0 aliphatic rings. The number of rotatable bonds is 7. The molecule has 1 amide bonds. The maximum atomic E-state index is 12.7. The Morgan fingerprint density at radius 2 is 1.85 bits per heavy atom. The van der Waals surface area contributed by atoms with Gasteiger partial charge in [-0.1, -0.05) is 6.92 Å². The Hall–Kier alpha value is -1.95. The monoisotopic (exact) mass is 282 g/mol. The Labute approximate surface area is 117 Å². The number of ether oxygens (including phenoxy) is 1. The molecule has 1 N–H and O–H groups in total. The summed E-state index contributed by atoms with van der Waals surface area (Å²) in [5, 5.41) is 2.64. The molecule has 0 heterocycles. The molecule has 0 spiro atoms. The molecule has 5 nitrogen and oxygen atoms in total. The predicted molar refractivity (Wildman–Crippen MR) is 73.8 cm³/mol. The van der Waals surface area contributed by atoms with Crippen LogP contribution in [0.1, 0.15) is 13.8 Å². The minimum atomic E-state index is -0.361. The highest BCUT2D eigenvalue weighted by Gasteiger charge is 2.13. The van der Waals surface area contributed by atoms with E-state index in [-0.39, 0.29) is 30.8 Å². The summed E-state index contributed by atoms with van der Waals surface area (Å²) in [6.07, 6.45) is 0. The third-order valence-corrected chi connectivity index (χ3v) is 2.60. The molecule has 6 heteroatoms. The number of carbonyl (C=O) groups excluding carboxylic acids is 2. The summed E-state index contributed by atoms with van der Waals surface area (Å²) in [5.74, 6) is -0.979. The lowest BCUT2D eigenvalue weighted by Gasteiger charge is -2.18. The molecule has 110 valence electrons. The highest BCUT2D eigenvalue weighted by Crippen LogP contribution is 2.08. The van der Waals surface area contributed by atoms with Gasteiger partial charge in [-0.15, -0.1) is 0 Å². The molecule has 1 aromatic carbocycles. The van der Waals surface area contributed by atoms with Crippen LogP contribution >= 0.6 is 0 Å². The van der Waals surface area contributed by atoms with Gasteiger partial charge >= 0.3 is 5.97 Å². The second-order valence-electron chi connectivity index (χ2n) is 4.16. The Bertz CT molecular complexity index is 448. The second kappa shape index (κ2) is 8.27. The Morgan fingerprint density at radius 3 is 2.40 bits per heavy atom. The van der Waals surface area contributed by atoms with Crippen LogP contribution < -0.4 is 5.32 Å². The van der Waals surface area contributed by atoms with Crippen molar-refractivity contribution >= 4 is 17.6 Å². The minimum Gasteiger partial charge on any atom is -0.465 e. The van der Waals surface area contributed by atoms with E-state index < -0.39 is 0 Å². The van der Waals surface area contributed by atoms with E-state index in [0.29, 0.717) is 18.8 Å². The van der Waals surface area contributed by atoms with Crippen molar-refractivity contribution in [3.05, 3.63) is 30.1 Å². The van der Waals surface area contributed by atoms with Crippen molar-refractivity contribution in [3.63, 3.8) is 0 Å². The van der Waals surface area contributed by atoms with Gasteiger partial charge in [0.05, 0.1) is 19.7 Å². The van der Waals surface area contributed by atoms with Crippen molar-refractivity contribution in [1.29, 1.82) is 0 Å². The summed E-state index contributed by atoms with van der Waals surface area (Å²) >= 11 is 0. The molecule has 20 heavy (non-hydrogen) atoms. The number of carbonyl (C=O) groups is 2. The first kappa shape index (κ1) is 16.1. The van der Waals surface area contributed by atoms with Crippen LogP contribution in [-0.4, -0.2) is 43.0 Å². The van der Waals surface area contributed by atoms with Gasteiger partial charge in [0.25, 0.3) is 0 Å². The van der Waals surface area contributed by atoms with Crippen LogP contribution in [0.15, 0.2) is 24.3 Å². The van der Waals surface area contributed by atoms with Gasteiger partial charge in [0.1, 0.15) is 5.82 Å². The number of likely N-dealkylation sites (N-methyl/N-ethyl adjacent to an activating group) is 1. The lowest BCUT2D eigenvalue weighted by molar-refractivity contribution is -0.144. The van der Waals surface area contributed by atoms with Crippen LogP contribution in [0, 0.1) is 5.82 Å². The van der Waals surface area contributed by atoms with Crippen LogP contribution in [0.3, 0.4) is 0 Å². The van der Waals surface area contributed by atoms with Gasteiger partial charge in [-0.3, -0.25) is 14.5 Å². The van der Waals surface area contributed by atoms with Crippen molar-refractivity contribution in [3.8, 4) is 0 Å². The van der Waals surface area contributed by atoms with Crippen molar-refractivity contribution < 1.29 is 18.7 Å². The van der Waals surface area contributed by atoms with E-state index in [1.54, 1.807) is 11.8 Å². The van der Waals surface area contributed by atoms with Crippen molar-refractivity contribution in [2.24, 2.45) is 0 Å². The molecule has 0 saturated carbocycles. The molecule has 0 radical (unpaired) electrons. The maximum absolute atomic E-state index is 12.7. The molecule has 0 aliphatic carbocycles. The largest absolute Gasteiger partial charge is 0.465 e. The first-order chi connectivity index (χ1) is 9.55. The number of esters is 1. The predicted octanol–water partition coefficient (Wildman–Crippen LogP) is 1.65. The number of hydrogen-bond acceptors (Lipinski definition) is 4. The van der Waals surface area contributed by atoms with E-state index in [4.69, 9.17) is 4.74 Å². The number of nitrogens with one attached hydrogen (secondary N) is 1. The lowest BCUT2D eigenvalue weighted by atomic mass is 10.3. The van der Waals surface area contributed by atoms with E-state index in [2.05, 4.69) is 5.32 Å². The summed E-state index contributed by atoms with van der Waals surface area (Å²) in [5.41, 5.74) is 0.517. The Kier molecular flexibility index (Phi) is 6.66. The molecule has 0 fully saturated rings. The van der Waals surface area contributed by atoms with E-state index in [0.717, 1.165) is 0 Å². The van der Waals surface area contributed by atoms with E-state index in [9.17, 15) is 14.0 Å². The average Bonchev–Trinajstić information content (AvgIpc) is 2.41. The molecule has 0 saturated heterocycles. The van der Waals surface area contributed by atoms with Gasteiger partial charge in [-0.25, -0.2) is 4.39 Å². The van der Waals surface area contributed by atoms with Crippen molar-refractivity contribution in [2.45, 2.75) is 13.8 Å². The second-order valence-corrected chi connectivity index (χ2v) is 4.16. The Balaban J connectivity index is 2.46. The van der Waals surface area contributed by atoms with Crippen molar-refractivity contribution in [2.75, 3.05) is 31.6 Å². The molecule has 0 atom stereocenters. The molecule has 0 unspecified atom stereocenters. The highest BCUT2D eigenvalue weighted by atomic mass is 19.1. The van der Waals surface area contributed by atoms with Crippen LogP contribution in [0.5, 0.6) is 0 Å². The molecule has 1 aromatic rings. The third kappa shape index (κ3) is 5.79. The van der Waals surface area contributed by atoms with Gasteiger partial charge in [-0.2, -0.15) is 0 Å². The lowest BCUT2D eigenvalue weighted by Crippen LogP contribution is -2.37. The maximum Gasteiger partial charge on any atom is 0.320 e. The van der Waals surface area contributed by atoms with Crippen molar-refractivity contribution in [1.82, 2.24) is 4.90 Å². The first-order valence-corrected chi connectivity index (χ1v) is 6.48. The smallest absolute Gasteiger partial charge is 0.320 e. The zero-order valence-electron chi connectivity index (χ0n) is 11.7. The normalized spacial score (nSPS) is 10.4. The number of halogens is 1.